The Labute approximate surface area is 82.8 Å². The van der Waals surface area contributed by atoms with Crippen LogP contribution in [-0.2, 0) is 6.42 Å². The lowest BCUT2D eigenvalue weighted by Crippen LogP contribution is -2.28. The van der Waals surface area contributed by atoms with E-state index < -0.39 is 5.97 Å². The molecule has 1 heterocycles. The molecule has 1 aliphatic heterocycles. The van der Waals surface area contributed by atoms with Gasteiger partial charge in [0.1, 0.15) is 0 Å². The van der Waals surface area contributed by atoms with E-state index in [4.69, 9.17) is 5.11 Å². The smallest absolute Gasteiger partial charge is 0.335 e. The average molecular weight is 191 g/mol. The number of benzene rings is 1. The molecule has 0 saturated heterocycles. The van der Waals surface area contributed by atoms with Gasteiger partial charge in [-0.25, -0.2) is 4.79 Å². The number of carbonyl (C=O) groups is 1. The number of fused-ring (bicyclic) bond motifs is 1. The molecule has 1 atom stereocenters. The molecule has 3 heteroatoms. The van der Waals surface area contributed by atoms with Crippen molar-refractivity contribution < 1.29 is 9.90 Å². The fraction of sp³-hybridized carbons (Fsp3) is 0.364. The minimum absolute atomic E-state index is 0.262. The summed E-state index contributed by atoms with van der Waals surface area (Å²) in [4.78, 5) is 10.8. The van der Waals surface area contributed by atoms with Crippen LogP contribution in [0.25, 0.3) is 0 Å². The molecule has 3 nitrogen and oxygen atoms in total. The first-order valence-corrected chi connectivity index (χ1v) is 4.78. The highest BCUT2D eigenvalue weighted by atomic mass is 16.4. The molecule has 14 heavy (non-hydrogen) atoms. The maximum absolute atomic E-state index is 10.8. The third-order valence-electron chi connectivity index (χ3n) is 2.70. The molecule has 2 rings (SSSR count). The third-order valence-corrected chi connectivity index (χ3v) is 2.70. The molecular formula is C11H13NO2. The van der Waals surface area contributed by atoms with Crippen LogP contribution in [0.4, 0.5) is 0 Å². The first-order chi connectivity index (χ1) is 6.68. The minimum atomic E-state index is -0.856. The van der Waals surface area contributed by atoms with Crippen molar-refractivity contribution in [2.45, 2.75) is 19.4 Å². The van der Waals surface area contributed by atoms with Gasteiger partial charge in [0.25, 0.3) is 0 Å². The molecule has 1 aromatic rings. The molecule has 0 amide bonds. The van der Waals surface area contributed by atoms with Gasteiger partial charge in [-0.15, -0.1) is 0 Å². The number of hydrogen-bond donors (Lipinski definition) is 2. The van der Waals surface area contributed by atoms with E-state index in [2.05, 4.69) is 12.2 Å². The zero-order valence-corrected chi connectivity index (χ0v) is 8.08. The summed E-state index contributed by atoms with van der Waals surface area (Å²) in [7, 11) is 0. The van der Waals surface area contributed by atoms with Crippen LogP contribution < -0.4 is 5.32 Å². The van der Waals surface area contributed by atoms with E-state index >= 15 is 0 Å². The Morgan fingerprint density at radius 3 is 3.07 bits per heavy atom. The summed E-state index contributed by atoms with van der Waals surface area (Å²) in [6.07, 6.45) is 0.986. The van der Waals surface area contributed by atoms with Crippen molar-refractivity contribution in [3.63, 3.8) is 0 Å². The summed E-state index contributed by atoms with van der Waals surface area (Å²) in [5.74, 6) is -0.856. The molecule has 0 aliphatic carbocycles. The summed E-state index contributed by atoms with van der Waals surface area (Å²) in [5.41, 5.74) is 2.76. The topological polar surface area (TPSA) is 49.3 Å². The number of carboxylic acid groups (broad SMARTS) is 1. The normalized spacial score (nSPS) is 20.2. The van der Waals surface area contributed by atoms with Crippen LogP contribution in [0.3, 0.4) is 0 Å². The van der Waals surface area contributed by atoms with Gasteiger partial charge >= 0.3 is 5.97 Å². The predicted molar refractivity (Wildman–Crippen MR) is 53.5 cm³/mol. The van der Waals surface area contributed by atoms with Gasteiger partial charge < -0.3 is 10.4 Å². The summed E-state index contributed by atoms with van der Waals surface area (Å²) < 4.78 is 0. The van der Waals surface area contributed by atoms with Crippen molar-refractivity contribution in [3.05, 3.63) is 34.9 Å². The Kier molecular flexibility index (Phi) is 2.25. The Morgan fingerprint density at radius 1 is 1.57 bits per heavy atom. The van der Waals surface area contributed by atoms with Crippen LogP contribution in [0.5, 0.6) is 0 Å². The molecule has 0 radical (unpaired) electrons. The minimum Gasteiger partial charge on any atom is -0.478 e. The molecule has 0 aromatic heterocycles. The number of aromatic carboxylic acids is 1. The quantitative estimate of drug-likeness (QED) is 0.708. The summed E-state index contributed by atoms with van der Waals surface area (Å²) in [6.45, 7) is 3.03. The van der Waals surface area contributed by atoms with Crippen LogP contribution in [0.15, 0.2) is 18.2 Å². The second-order valence-corrected chi connectivity index (χ2v) is 3.64. The summed E-state index contributed by atoms with van der Waals surface area (Å²) >= 11 is 0. The van der Waals surface area contributed by atoms with E-state index in [-0.39, 0.29) is 6.04 Å². The molecule has 1 aliphatic rings. The van der Waals surface area contributed by atoms with Gasteiger partial charge in [0, 0.05) is 6.04 Å². The molecule has 0 spiro atoms. The fourth-order valence-electron chi connectivity index (χ4n) is 1.89. The maximum atomic E-state index is 10.8. The SMILES string of the molecule is CC1NCCc2ccc(C(=O)O)cc21. The Hall–Kier alpha value is -1.35. The highest BCUT2D eigenvalue weighted by molar-refractivity contribution is 5.88. The molecule has 1 aromatic carbocycles. The zero-order chi connectivity index (χ0) is 10.1. The number of hydrogen-bond acceptors (Lipinski definition) is 2. The van der Waals surface area contributed by atoms with Gasteiger partial charge in [0.2, 0.25) is 0 Å². The van der Waals surface area contributed by atoms with Gasteiger partial charge in [-0.3, -0.25) is 0 Å². The van der Waals surface area contributed by atoms with Crippen molar-refractivity contribution in [2.75, 3.05) is 6.54 Å². The van der Waals surface area contributed by atoms with Crippen LogP contribution in [0.2, 0.25) is 0 Å². The van der Waals surface area contributed by atoms with Crippen LogP contribution in [0.1, 0.15) is 34.5 Å². The van der Waals surface area contributed by atoms with Crippen LogP contribution >= 0.6 is 0 Å². The van der Waals surface area contributed by atoms with E-state index in [1.165, 1.54) is 5.56 Å². The van der Waals surface area contributed by atoms with Crippen molar-refractivity contribution in [2.24, 2.45) is 0 Å². The molecular weight excluding hydrogens is 178 g/mol. The molecule has 0 bridgehead atoms. The van der Waals surface area contributed by atoms with E-state index in [9.17, 15) is 4.79 Å². The molecule has 0 saturated carbocycles. The number of rotatable bonds is 1. The summed E-state index contributed by atoms with van der Waals surface area (Å²) in [5, 5.41) is 12.2. The van der Waals surface area contributed by atoms with Crippen molar-refractivity contribution in [3.8, 4) is 0 Å². The van der Waals surface area contributed by atoms with E-state index in [0.29, 0.717) is 5.56 Å². The van der Waals surface area contributed by atoms with E-state index in [1.807, 2.05) is 6.07 Å². The lowest BCUT2D eigenvalue weighted by molar-refractivity contribution is 0.0696. The van der Waals surface area contributed by atoms with E-state index in [0.717, 1.165) is 18.5 Å². The second-order valence-electron chi connectivity index (χ2n) is 3.64. The van der Waals surface area contributed by atoms with Gasteiger partial charge in [-0.1, -0.05) is 6.07 Å². The van der Waals surface area contributed by atoms with Crippen molar-refractivity contribution >= 4 is 5.97 Å². The van der Waals surface area contributed by atoms with Crippen molar-refractivity contribution in [1.82, 2.24) is 5.32 Å². The van der Waals surface area contributed by atoms with Crippen LogP contribution in [0, 0.1) is 0 Å². The Balaban J connectivity index is 2.45. The lowest BCUT2D eigenvalue weighted by Gasteiger charge is -2.24. The first-order valence-electron chi connectivity index (χ1n) is 4.78. The molecule has 0 fully saturated rings. The average Bonchev–Trinajstić information content (AvgIpc) is 2.18. The number of nitrogens with one attached hydrogen (secondary N) is 1. The third kappa shape index (κ3) is 1.51. The Bertz CT molecular complexity index is 374. The standard InChI is InChI=1S/C11H13NO2/c1-7-10-6-9(11(13)14)3-2-8(10)4-5-12-7/h2-3,6-7,12H,4-5H2,1H3,(H,13,14). The Morgan fingerprint density at radius 2 is 2.36 bits per heavy atom. The van der Waals surface area contributed by atoms with Gasteiger partial charge in [0.15, 0.2) is 0 Å². The van der Waals surface area contributed by atoms with Gasteiger partial charge in [-0.05, 0) is 43.1 Å². The second kappa shape index (κ2) is 3.42. The van der Waals surface area contributed by atoms with Crippen LogP contribution in [-0.4, -0.2) is 17.6 Å². The molecule has 2 N–H and O–H groups in total. The zero-order valence-electron chi connectivity index (χ0n) is 8.08. The number of carboxylic acids is 1. The lowest BCUT2D eigenvalue weighted by atomic mass is 9.93. The molecule has 1 unspecified atom stereocenters. The monoisotopic (exact) mass is 191 g/mol. The van der Waals surface area contributed by atoms with Gasteiger partial charge in [0.05, 0.1) is 5.56 Å². The maximum Gasteiger partial charge on any atom is 0.335 e. The van der Waals surface area contributed by atoms with E-state index in [1.54, 1.807) is 12.1 Å². The van der Waals surface area contributed by atoms with Gasteiger partial charge in [-0.2, -0.15) is 0 Å². The van der Waals surface area contributed by atoms with Crippen molar-refractivity contribution in [1.29, 1.82) is 0 Å². The predicted octanol–water partition coefficient (Wildman–Crippen LogP) is 1.59. The highest BCUT2D eigenvalue weighted by Gasteiger charge is 2.16. The highest BCUT2D eigenvalue weighted by Crippen LogP contribution is 2.23. The first kappa shape index (κ1) is 9.21. The molecule has 74 valence electrons. The summed E-state index contributed by atoms with van der Waals surface area (Å²) in [6, 6.07) is 5.64. The fourth-order valence-corrected chi connectivity index (χ4v) is 1.89. The largest absolute Gasteiger partial charge is 0.478 e.